The molecule has 0 saturated heterocycles. The zero-order valence-electron chi connectivity index (χ0n) is 6.42. The molecule has 4 heteroatoms. The molecule has 10 heavy (non-hydrogen) atoms. The molecule has 0 radical (unpaired) electrons. The molecule has 2 atom stereocenters. The molecule has 0 fully saturated rings. The van der Waals surface area contributed by atoms with Crippen LogP contribution in [0.25, 0.3) is 0 Å². The second-order valence-corrected chi connectivity index (χ2v) is 2.51. The van der Waals surface area contributed by atoms with E-state index in [0.717, 1.165) is 0 Å². The maximum atomic E-state index is 10.8. The van der Waals surface area contributed by atoms with Crippen molar-refractivity contribution in [2.75, 3.05) is 6.54 Å². The van der Waals surface area contributed by atoms with Gasteiger partial charge in [0.25, 0.3) is 0 Å². The molecule has 0 aliphatic rings. The fraction of sp³-hybridized carbons (Fsp3) is 0.833. The van der Waals surface area contributed by atoms with Gasteiger partial charge in [-0.2, -0.15) is 0 Å². The predicted octanol–water partition coefficient (Wildman–Crippen LogP) is -1.20. The van der Waals surface area contributed by atoms with Gasteiger partial charge in [-0.15, -0.1) is 0 Å². The molecule has 0 aromatic rings. The van der Waals surface area contributed by atoms with E-state index in [0.29, 0.717) is 6.54 Å². The van der Waals surface area contributed by atoms with E-state index in [1.807, 2.05) is 6.92 Å². The zero-order chi connectivity index (χ0) is 8.15. The molecule has 60 valence electrons. The summed E-state index contributed by atoms with van der Waals surface area (Å²) in [6.07, 6.45) is 0. The van der Waals surface area contributed by atoms with Gasteiger partial charge in [-0.05, 0) is 13.8 Å². The van der Waals surface area contributed by atoms with Gasteiger partial charge in [0.15, 0.2) is 0 Å². The highest BCUT2D eigenvalue weighted by Crippen LogP contribution is 1.75. The Labute approximate surface area is 61.0 Å². The van der Waals surface area contributed by atoms with E-state index >= 15 is 0 Å². The number of rotatable bonds is 3. The fourth-order valence-corrected chi connectivity index (χ4v) is 0.423. The van der Waals surface area contributed by atoms with Crippen LogP contribution in [-0.2, 0) is 4.79 Å². The summed E-state index contributed by atoms with van der Waals surface area (Å²) in [5.41, 5.74) is 10.7. The first-order chi connectivity index (χ1) is 4.54. The monoisotopic (exact) mass is 145 g/mol. The average molecular weight is 145 g/mol. The molecule has 0 bridgehead atoms. The number of carbonyl (C=O) groups excluding carboxylic acids is 1. The number of hydrogen-bond acceptors (Lipinski definition) is 3. The lowest BCUT2D eigenvalue weighted by atomic mass is 10.3. The summed E-state index contributed by atoms with van der Waals surface area (Å²) in [6.45, 7) is 3.94. The summed E-state index contributed by atoms with van der Waals surface area (Å²) >= 11 is 0. The second kappa shape index (κ2) is 4.24. The van der Waals surface area contributed by atoms with Crippen LogP contribution in [0.15, 0.2) is 0 Å². The van der Waals surface area contributed by atoms with E-state index in [-0.39, 0.29) is 11.9 Å². The summed E-state index contributed by atoms with van der Waals surface area (Å²) in [5.74, 6) is -0.155. The third-order valence-corrected chi connectivity index (χ3v) is 1.01. The minimum atomic E-state index is -0.446. The van der Waals surface area contributed by atoms with Crippen molar-refractivity contribution in [2.24, 2.45) is 11.5 Å². The summed E-state index contributed by atoms with van der Waals surface area (Å²) in [7, 11) is 0. The van der Waals surface area contributed by atoms with Crippen LogP contribution in [0, 0.1) is 0 Å². The molecule has 0 aromatic carbocycles. The van der Waals surface area contributed by atoms with Crippen LogP contribution >= 0.6 is 0 Å². The van der Waals surface area contributed by atoms with Crippen LogP contribution in [0.4, 0.5) is 0 Å². The Balaban J connectivity index is 3.40. The summed E-state index contributed by atoms with van der Waals surface area (Å²) in [4.78, 5) is 10.8. The van der Waals surface area contributed by atoms with Crippen molar-refractivity contribution in [1.82, 2.24) is 5.32 Å². The Kier molecular flexibility index (Phi) is 3.99. The first kappa shape index (κ1) is 9.39. The van der Waals surface area contributed by atoms with Crippen molar-refractivity contribution in [2.45, 2.75) is 25.9 Å². The highest BCUT2D eigenvalue weighted by molar-refractivity contribution is 5.80. The largest absolute Gasteiger partial charge is 0.353 e. The Morgan fingerprint density at radius 3 is 2.30 bits per heavy atom. The minimum Gasteiger partial charge on any atom is -0.353 e. The smallest absolute Gasteiger partial charge is 0.236 e. The molecule has 5 N–H and O–H groups in total. The van der Waals surface area contributed by atoms with E-state index in [4.69, 9.17) is 11.5 Å². The van der Waals surface area contributed by atoms with Gasteiger partial charge in [0.05, 0.1) is 6.04 Å². The average Bonchev–Trinajstić information content (AvgIpc) is 1.82. The Hall–Kier alpha value is -0.610. The molecule has 0 spiro atoms. The normalized spacial score (nSPS) is 16.0. The third kappa shape index (κ3) is 4.29. The molecular weight excluding hydrogens is 130 g/mol. The van der Waals surface area contributed by atoms with Crippen molar-refractivity contribution < 1.29 is 4.79 Å². The van der Waals surface area contributed by atoms with E-state index < -0.39 is 6.04 Å². The lowest BCUT2D eigenvalue weighted by Gasteiger charge is -2.08. The van der Waals surface area contributed by atoms with Gasteiger partial charge in [-0.1, -0.05) is 0 Å². The Morgan fingerprint density at radius 1 is 1.50 bits per heavy atom. The maximum absolute atomic E-state index is 10.8. The van der Waals surface area contributed by atoms with Gasteiger partial charge in [0.1, 0.15) is 0 Å². The van der Waals surface area contributed by atoms with E-state index in [1.54, 1.807) is 6.92 Å². The second-order valence-electron chi connectivity index (χ2n) is 2.51. The summed E-state index contributed by atoms with van der Waals surface area (Å²) in [5, 5.41) is 2.59. The quantitative estimate of drug-likeness (QED) is 0.466. The topological polar surface area (TPSA) is 81.1 Å². The van der Waals surface area contributed by atoms with Crippen molar-refractivity contribution >= 4 is 5.91 Å². The maximum Gasteiger partial charge on any atom is 0.236 e. The Bertz CT molecular complexity index is 112. The molecule has 0 rings (SSSR count). The predicted molar refractivity (Wildman–Crippen MR) is 40.3 cm³/mol. The molecule has 0 aliphatic heterocycles. The van der Waals surface area contributed by atoms with Crippen LogP contribution < -0.4 is 16.8 Å². The van der Waals surface area contributed by atoms with Gasteiger partial charge in [0, 0.05) is 12.6 Å². The van der Waals surface area contributed by atoms with Crippen molar-refractivity contribution in [3.63, 3.8) is 0 Å². The zero-order valence-corrected chi connectivity index (χ0v) is 6.42. The number of amides is 1. The molecule has 0 aromatic heterocycles. The van der Waals surface area contributed by atoms with Crippen molar-refractivity contribution in [3.05, 3.63) is 0 Å². The third-order valence-electron chi connectivity index (χ3n) is 1.01. The molecule has 1 unspecified atom stereocenters. The van der Waals surface area contributed by atoms with Crippen LogP contribution in [0.2, 0.25) is 0 Å². The number of nitrogens with two attached hydrogens (primary N) is 2. The SMILES string of the molecule is CC(N)CNC(=O)[C@@H](C)N. The van der Waals surface area contributed by atoms with Crippen molar-refractivity contribution in [3.8, 4) is 0 Å². The van der Waals surface area contributed by atoms with Crippen LogP contribution in [0.1, 0.15) is 13.8 Å². The van der Waals surface area contributed by atoms with Crippen LogP contribution in [0.3, 0.4) is 0 Å². The van der Waals surface area contributed by atoms with Gasteiger partial charge in [-0.25, -0.2) is 0 Å². The van der Waals surface area contributed by atoms with Gasteiger partial charge < -0.3 is 16.8 Å². The lowest BCUT2D eigenvalue weighted by molar-refractivity contribution is -0.122. The first-order valence-corrected chi connectivity index (χ1v) is 3.33. The van der Waals surface area contributed by atoms with E-state index in [2.05, 4.69) is 5.32 Å². The van der Waals surface area contributed by atoms with Gasteiger partial charge in [-0.3, -0.25) is 4.79 Å². The highest BCUT2D eigenvalue weighted by Gasteiger charge is 2.05. The Morgan fingerprint density at radius 2 is 2.00 bits per heavy atom. The molecule has 0 heterocycles. The lowest BCUT2D eigenvalue weighted by Crippen LogP contribution is -2.43. The molecule has 0 aliphatic carbocycles. The van der Waals surface area contributed by atoms with E-state index in [9.17, 15) is 4.79 Å². The molecular formula is C6H15N3O. The number of hydrogen-bond donors (Lipinski definition) is 3. The van der Waals surface area contributed by atoms with E-state index in [1.165, 1.54) is 0 Å². The highest BCUT2D eigenvalue weighted by atomic mass is 16.2. The number of nitrogens with one attached hydrogen (secondary N) is 1. The molecule has 1 amide bonds. The van der Waals surface area contributed by atoms with Crippen LogP contribution in [-0.4, -0.2) is 24.5 Å². The summed E-state index contributed by atoms with van der Waals surface area (Å²) in [6, 6.07) is -0.457. The molecule has 0 saturated carbocycles. The summed E-state index contributed by atoms with van der Waals surface area (Å²) < 4.78 is 0. The molecule has 4 nitrogen and oxygen atoms in total. The van der Waals surface area contributed by atoms with Crippen LogP contribution in [0.5, 0.6) is 0 Å². The minimum absolute atomic E-state index is 0.0114. The van der Waals surface area contributed by atoms with Crippen molar-refractivity contribution in [1.29, 1.82) is 0 Å². The van der Waals surface area contributed by atoms with Gasteiger partial charge >= 0.3 is 0 Å². The number of carbonyl (C=O) groups is 1. The standard InChI is InChI=1S/C6H15N3O/c1-4(7)3-9-6(10)5(2)8/h4-5H,3,7-8H2,1-2H3,(H,9,10)/t4?,5-/m1/s1. The van der Waals surface area contributed by atoms with Gasteiger partial charge in [0.2, 0.25) is 5.91 Å². The first-order valence-electron chi connectivity index (χ1n) is 3.33. The fourth-order valence-electron chi connectivity index (χ4n) is 0.423.